The second-order valence-corrected chi connectivity index (χ2v) is 6.07. The van der Waals surface area contributed by atoms with E-state index < -0.39 is 0 Å². The molecule has 2 unspecified atom stereocenters. The zero-order chi connectivity index (χ0) is 15.5. The summed E-state index contributed by atoms with van der Waals surface area (Å²) < 4.78 is 0. The van der Waals surface area contributed by atoms with Crippen molar-refractivity contribution in [2.24, 2.45) is 0 Å². The molecule has 1 aromatic carbocycles. The van der Waals surface area contributed by atoms with Crippen molar-refractivity contribution in [3.05, 3.63) is 30.5 Å². The summed E-state index contributed by atoms with van der Waals surface area (Å²) in [5.41, 5.74) is 1.88. The Balaban J connectivity index is 1.77. The lowest BCUT2D eigenvalue weighted by Crippen LogP contribution is -2.54. The Bertz CT molecular complexity index is 631. The Morgan fingerprint density at radius 3 is 2.77 bits per heavy atom. The molecule has 0 bridgehead atoms. The van der Waals surface area contributed by atoms with Crippen LogP contribution >= 0.6 is 0 Å². The molecule has 1 N–H and O–H groups in total. The number of β-amino-alcohol motifs (C(OH)–C–C–N with tert-alkyl or cyclic N) is 1. The number of para-hydroxylation sites is 2. The SMILES string of the molecule is CCC1CN(c2cnc3ccccc3n2)CCN1CC(C)O. The summed E-state index contributed by atoms with van der Waals surface area (Å²) in [7, 11) is 0. The van der Waals surface area contributed by atoms with E-state index in [2.05, 4.69) is 21.7 Å². The molecule has 22 heavy (non-hydrogen) atoms. The van der Waals surface area contributed by atoms with Crippen molar-refractivity contribution in [2.45, 2.75) is 32.4 Å². The van der Waals surface area contributed by atoms with Crippen molar-refractivity contribution in [3.8, 4) is 0 Å². The van der Waals surface area contributed by atoms with Crippen LogP contribution in [0.25, 0.3) is 11.0 Å². The summed E-state index contributed by atoms with van der Waals surface area (Å²) in [6.07, 6.45) is 2.67. The van der Waals surface area contributed by atoms with Crippen LogP contribution in [-0.4, -0.2) is 58.3 Å². The van der Waals surface area contributed by atoms with Gasteiger partial charge >= 0.3 is 0 Å². The summed E-state index contributed by atoms with van der Waals surface area (Å²) in [6.45, 7) is 7.63. The molecule has 2 heterocycles. The van der Waals surface area contributed by atoms with E-state index in [0.717, 1.165) is 49.5 Å². The highest BCUT2D eigenvalue weighted by atomic mass is 16.3. The van der Waals surface area contributed by atoms with Gasteiger partial charge in [0.15, 0.2) is 0 Å². The van der Waals surface area contributed by atoms with Gasteiger partial charge in [-0.3, -0.25) is 9.88 Å². The number of hydrogen-bond acceptors (Lipinski definition) is 5. The number of rotatable bonds is 4. The Labute approximate surface area is 131 Å². The highest BCUT2D eigenvalue weighted by molar-refractivity contribution is 5.75. The molecule has 1 aliphatic rings. The van der Waals surface area contributed by atoms with Crippen molar-refractivity contribution >= 4 is 16.9 Å². The average Bonchev–Trinajstić information content (AvgIpc) is 2.54. The molecule has 1 fully saturated rings. The van der Waals surface area contributed by atoms with E-state index in [1.165, 1.54) is 0 Å². The fourth-order valence-corrected chi connectivity index (χ4v) is 3.17. The van der Waals surface area contributed by atoms with Crippen molar-refractivity contribution in [1.82, 2.24) is 14.9 Å². The molecule has 0 amide bonds. The lowest BCUT2D eigenvalue weighted by Gasteiger charge is -2.42. The van der Waals surface area contributed by atoms with Crippen molar-refractivity contribution < 1.29 is 5.11 Å². The third kappa shape index (κ3) is 3.20. The smallest absolute Gasteiger partial charge is 0.147 e. The number of aliphatic hydroxyl groups is 1. The Morgan fingerprint density at radius 2 is 2.05 bits per heavy atom. The zero-order valence-corrected chi connectivity index (χ0v) is 13.3. The number of aromatic nitrogens is 2. The molecule has 1 aliphatic heterocycles. The zero-order valence-electron chi connectivity index (χ0n) is 13.3. The van der Waals surface area contributed by atoms with Crippen LogP contribution < -0.4 is 4.90 Å². The van der Waals surface area contributed by atoms with E-state index in [1.807, 2.05) is 37.4 Å². The predicted octanol–water partition coefficient (Wildman–Crippen LogP) is 1.91. The molecule has 0 spiro atoms. The molecule has 3 rings (SSSR count). The van der Waals surface area contributed by atoms with Gasteiger partial charge in [-0.2, -0.15) is 0 Å². The summed E-state index contributed by atoms with van der Waals surface area (Å²) in [5.74, 6) is 0.953. The van der Waals surface area contributed by atoms with Crippen LogP contribution in [-0.2, 0) is 0 Å². The van der Waals surface area contributed by atoms with Gasteiger partial charge < -0.3 is 10.0 Å². The van der Waals surface area contributed by atoms with E-state index in [4.69, 9.17) is 4.98 Å². The van der Waals surface area contributed by atoms with Crippen LogP contribution in [0.4, 0.5) is 5.82 Å². The maximum atomic E-state index is 9.64. The number of piperazine rings is 1. The number of anilines is 1. The normalized spacial score (nSPS) is 21.2. The van der Waals surface area contributed by atoms with Crippen LogP contribution in [0.5, 0.6) is 0 Å². The highest BCUT2D eigenvalue weighted by Gasteiger charge is 2.27. The molecule has 0 aliphatic carbocycles. The summed E-state index contributed by atoms with van der Waals surface area (Å²) in [6, 6.07) is 8.43. The summed E-state index contributed by atoms with van der Waals surface area (Å²) >= 11 is 0. The maximum Gasteiger partial charge on any atom is 0.147 e. The second kappa shape index (κ2) is 6.58. The lowest BCUT2D eigenvalue weighted by molar-refractivity contribution is 0.0884. The van der Waals surface area contributed by atoms with Crippen LogP contribution in [0.1, 0.15) is 20.3 Å². The van der Waals surface area contributed by atoms with Gasteiger partial charge in [-0.15, -0.1) is 0 Å². The molecular weight excluding hydrogens is 276 g/mol. The molecule has 5 heteroatoms. The topological polar surface area (TPSA) is 52.5 Å². The van der Waals surface area contributed by atoms with E-state index in [-0.39, 0.29) is 6.10 Å². The van der Waals surface area contributed by atoms with Crippen molar-refractivity contribution in [1.29, 1.82) is 0 Å². The third-order valence-electron chi connectivity index (χ3n) is 4.33. The van der Waals surface area contributed by atoms with Crippen LogP contribution in [0.15, 0.2) is 30.5 Å². The van der Waals surface area contributed by atoms with Gasteiger partial charge in [0, 0.05) is 32.2 Å². The van der Waals surface area contributed by atoms with E-state index in [9.17, 15) is 5.11 Å². The molecule has 118 valence electrons. The minimum absolute atomic E-state index is 0.277. The van der Waals surface area contributed by atoms with Gasteiger partial charge in [0.05, 0.1) is 23.3 Å². The van der Waals surface area contributed by atoms with E-state index in [0.29, 0.717) is 6.04 Å². The number of aliphatic hydroxyl groups excluding tert-OH is 1. The molecule has 2 atom stereocenters. The Kier molecular flexibility index (Phi) is 4.55. The first kappa shape index (κ1) is 15.2. The second-order valence-electron chi connectivity index (χ2n) is 6.07. The minimum Gasteiger partial charge on any atom is -0.392 e. The maximum absolute atomic E-state index is 9.64. The molecule has 2 aromatic rings. The van der Waals surface area contributed by atoms with Crippen molar-refractivity contribution in [3.63, 3.8) is 0 Å². The van der Waals surface area contributed by atoms with Crippen molar-refractivity contribution in [2.75, 3.05) is 31.1 Å². The van der Waals surface area contributed by atoms with Crippen LogP contribution in [0.2, 0.25) is 0 Å². The molecule has 1 saturated heterocycles. The Hall–Kier alpha value is -1.72. The summed E-state index contributed by atoms with van der Waals surface area (Å²) in [5, 5.41) is 9.64. The third-order valence-corrected chi connectivity index (χ3v) is 4.33. The number of benzene rings is 1. The number of fused-ring (bicyclic) bond motifs is 1. The van der Waals surface area contributed by atoms with Gasteiger partial charge in [0.25, 0.3) is 0 Å². The van der Waals surface area contributed by atoms with Crippen LogP contribution in [0.3, 0.4) is 0 Å². The average molecular weight is 300 g/mol. The first-order valence-corrected chi connectivity index (χ1v) is 8.06. The van der Waals surface area contributed by atoms with E-state index >= 15 is 0 Å². The number of hydrogen-bond donors (Lipinski definition) is 1. The number of nitrogens with zero attached hydrogens (tertiary/aromatic N) is 4. The molecule has 1 aromatic heterocycles. The minimum atomic E-state index is -0.277. The quantitative estimate of drug-likeness (QED) is 0.935. The van der Waals surface area contributed by atoms with Gasteiger partial charge in [0.1, 0.15) is 5.82 Å². The summed E-state index contributed by atoms with van der Waals surface area (Å²) in [4.78, 5) is 14.0. The molecule has 0 radical (unpaired) electrons. The largest absolute Gasteiger partial charge is 0.392 e. The molecular formula is C17H24N4O. The highest BCUT2D eigenvalue weighted by Crippen LogP contribution is 2.20. The van der Waals surface area contributed by atoms with E-state index in [1.54, 1.807) is 0 Å². The monoisotopic (exact) mass is 300 g/mol. The van der Waals surface area contributed by atoms with Gasteiger partial charge in [-0.25, -0.2) is 4.98 Å². The van der Waals surface area contributed by atoms with Gasteiger partial charge in [0.2, 0.25) is 0 Å². The standard InChI is InChI=1S/C17H24N4O/c1-3-14-12-21(9-8-20(14)11-13(2)22)17-10-18-15-6-4-5-7-16(15)19-17/h4-7,10,13-14,22H,3,8-9,11-12H2,1-2H3. The lowest BCUT2D eigenvalue weighted by atomic mass is 10.1. The van der Waals surface area contributed by atoms with Crippen LogP contribution in [0, 0.1) is 0 Å². The van der Waals surface area contributed by atoms with Gasteiger partial charge in [-0.05, 0) is 25.5 Å². The first-order valence-electron chi connectivity index (χ1n) is 8.06. The Morgan fingerprint density at radius 1 is 1.27 bits per heavy atom. The fourth-order valence-electron chi connectivity index (χ4n) is 3.17. The first-order chi connectivity index (χ1) is 10.7. The fraction of sp³-hybridized carbons (Fsp3) is 0.529. The van der Waals surface area contributed by atoms with Gasteiger partial charge in [-0.1, -0.05) is 19.1 Å². The predicted molar refractivity (Wildman–Crippen MR) is 89.1 cm³/mol. The molecule has 5 nitrogen and oxygen atoms in total. The molecule has 0 saturated carbocycles.